The first kappa shape index (κ1) is 13.9. The molecule has 0 radical (unpaired) electrons. The number of likely N-dealkylation sites (N-methyl/N-ethyl adjacent to an activating group) is 1. The van der Waals surface area contributed by atoms with Crippen LogP contribution in [0.1, 0.15) is 12.0 Å². The van der Waals surface area contributed by atoms with Gasteiger partial charge in [0.1, 0.15) is 11.9 Å². The van der Waals surface area contributed by atoms with Gasteiger partial charge >= 0.3 is 5.97 Å². The lowest BCUT2D eigenvalue weighted by Crippen LogP contribution is -2.35. The van der Waals surface area contributed by atoms with Crippen LogP contribution in [0.5, 0.6) is 0 Å². The molecule has 0 heterocycles. The van der Waals surface area contributed by atoms with Crippen molar-refractivity contribution in [3.63, 3.8) is 0 Å². The molecule has 0 spiro atoms. The summed E-state index contributed by atoms with van der Waals surface area (Å²) in [4.78, 5) is 12.6. The lowest BCUT2D eigenvalue weighted by atomic mass is 10.0. The second-order valence-electron chi connectivity index (χ2n) is 4.10. The van der Waals surface area contributed by atoms with Crippen LogP contribution in [0.15, 0.2) is 18.2 Å². The Morgan fingerprint density at radius 3 is 2.65 bits per heavy atom. The van der Waals surface area contributed by atoms with E-state index < -0.39 is 17.8 Å². The van der Waals surface area contributed by atoms with E-state index in [2.05, 4.69) is 0 Å². The van der Waals surface area contributed by atoms with Gasteiger partial charge in [0.2, 0.25) is 0 Å². The highest BCUT2D eigenvalue weighted by Crippen LogP contribution is 2.18. The first-order valence-corrected chi connectivity index (χ1v) is 5.62. The summed E-state index contributed by atoms with van der Waals surface area (Å²) in [5, 5.41) is 9.06. The van der Waals surface area contributed by atoms with Gasteiger partial charge in [0.15, 0.2) is 0 Å². The van der Waals surface area contributed by atoms with Crippen molar-refractivity contribution in [2.75, 3.05) is 14.1 Å². The monoisotopic (exact) mass is 259 g/mol. The minimum Gasteiger partial charge on any atom is -0.480 e. The van der Waals surface area contributed by atoms with E-state index in [-0.39, 0.29) is 5.02 Å². The van der Waals surface area contributed by atoms with Crippen molar-refractivity contribution < 1.29 is 14.3 Å². The Morgan fingerprint density at radius 2 is 2.18 bits per heavy atom. The number of rotatable bonds is 5. The van der Waals surface area contributed by atoms with Gasteiger partial charge in [-0.25, -0.2) is 4.39 Å². The maximum absolute atomic E-state index is 12.9. The lowest BCUT2D eigenvalue weighted by molar-refractivity contribution is -0.142. The second-order valence-corrected chi connectivity index (χ2v) is 4.51. The van der Waals surface area contributed by atoms with Crippen molar-refractivity contribution in [2.45, 2.75) is 18.9 Å². The van der Waals surface area contributed by atoms with Gasteiger partial charge in [-0.2, -0.15) is 0 Å². The molecule has 0 aliphatic carbocycles. The first-order valence-electron chi connectivity index (χ1n) is 5.25. The van der Waals surface area contributed by atoms with Crippen LogP contribution in [0.4, 0.5) is 4.39 Å². The molecule has 1 aromatic carbocycles. The molecule has 1 aromatic rings. The Bertz CT molecular complexity index is 409. The highest BCUT2D eigenvalue weighted by molar-refractivity contribution is 6.30. The summed E-state index contributed by atoms with van der Waals surface area (Å²) in [6, 6.07) is 3.91. The van der Waals surface area contributed by atoms with E-state index in [9.17, 15) is 9.18 Å². The average Bonchev–Trinajstić information content (AvgIpc) is 2.22. The minimum atomic E-state index is -0.858. The van der Waals surface area contributed by atoms with Crippen LogP contribution in [-0.2, 0) is 11.2 Å². The number of hydrogen-bond donors (Lipinski definition) is 1. The maximum atomic E-state index is 12.9. The number of carbonyl (C=O) groups is 1. The quantitative estimate of drug-likeness (QED) is 0.883. The summed E-state index contributed by atoms with van der Waals surface area (Å²) in [5.74, 6) is -1.32. The topological polar surface area (TPSA) is 40.5 Å². The lowest BCUT2D eigenvalue weighted by Gasteiger charge is -2.19. The molecule has 0 saturated carbocycles. The standard InChI is InChI=1S/C12H15ClFNO2/c1-15(2)11(12(16)17)6-4-8-3-5-10(14)9(13)7-8/h3,5,7,11H,4,6H2,1-2H3,(H,16,17). The molecule has 0 aromatic heterocycles. The van der Waals surface area contributed by atoms with Crippen LogP contribution in [0.3, 0.4) is 0 Å². The maximum Gasteiger partial charge on any atom is 0.320 e. The van der Waals surface area contributed by atoms with E-state index in [1.54, 1.807) is 25.1 Å². The van der Waals surface area contributed by atoms with E-state index in [0.717, 1.165) is 5.56 Å². The Balaban J connectivity index is 2.65. The molecule has 0 fully saturated rings. The van der Waals surface area contributed by atoms with E-state index in [4.69, 9.17) is 16.7 Å². The molecule has 0 amide bonds. The van der Waals surface area contributed by atoms with Gasteiger partial charge in [0, 0.05) is 0 Å². The van der Waals surface area contributed by atoms with Crippen molar-refractivity contribution in [3.05, 3.63) is 34.6 Å². The second kappa shape index (κ2) is 5.98. The summed E-state index contributed by atoms with van der Waals surface area (Å²) in [6.45, 7) is 0. The number of aryl methyl sites for hydroxylation is 1. The number of benzene rings is 1. The Labute approximate surface area is 105 Å². The van der Waals surface area contributed by atoms with Crippen LogP contribution in [0.2, 0.25) is 5.02 Å². The van der Waals surface area contributed by atoms with Crippen LogP contribution in [-0.4, -0.2) is 36.1 Å². The Morgan fingerprint density at radius 1 is 1.53 bits per heavy atom. The van der Waals surface area contributed by atoms with E-state index in [1.165, 1.54) is 12.1 Å². The Hall–Kier alpha value is -1.13. The molecule has 94 valence electrons. The Kier molecular flexibility index (Phi) is 4.90. The molecule has 0 aliphatic rings. The molecule has 1 rings (SSSR count). The van der Waals surface area contributed by atoms with E-state index in [0.29, 0.717) is 12.8 Å². The molecule has 1 unspecified atom stereocenters. The summed E-state index contributed by atoms with van der Waals surface area (Å²) in [7, 11) is 3.44. The SMILES string of the molecule is CN(C)C(CCc1ccc(F)c(Cl)c1)C(=O)O. The van der Waals surface area contributed by atoms with Crippen LogP contribution in [0.25, 0.3) is 0 Å². The largest absolute Gasteiger partial charge is 0.480 e. The highest BCUT2D eigenvalue weighted by atomic mass is 35.5. The van der Waals surface area contributed by atoms with Gasteiger partial charge < -0.3 is 5.11 Å². The van der Waals surface area contributed by atoms with Crippen molar-refractivity contribution >= 4 is 17.6 Å². The summed E-state index contributed by atoms with van der Waals surface area (Å²) >= 11 is 5.65. The van der Waals surface area contributed by atoms with Crippen LogP contribution >= 0.6 is 11.6 Å². The zero-order valence-electron chi connectivity index (χ0n) is 9.78. The molecule has 3 nitrogen and oxygen atoms in total. The third kappa shape index (κ3) is 3.98. The normalized spacial score (nSPS) is 12.8. The first-order chi connectivity index (χ1) is 7.91. The third-order valence-electron chi connectivity index (χ3n) is 2.60. The molecule has 0 saturated heterocycles. The smallest absolute Gasteiger partial charge is 0.320 e. The number of nitrogens with zero attached hydrogens (tertiary/aromatic N) is 1. The van der Waals surface area contributed by atoms with Crippen LogP contribution in [0, 0.1) is 5.82 Å². The van der Waals surface area contributed by atoms with E-state index >= 15 is 0 Å². The van der Waals surface area contributed by atoms with Gasteiger partial charge in [-0.15, -0.1) is 0 Å². The predicted octanol–water partition coefficient (Wildman–Crippen LogP) is 2.43. The zero-order valence-corrected chi connectivity index (χ0v) is 10.5. The fourth-order valence-electron chi connectivity index (χ4n) is 1.60. The molecule has 1 atom stereocenters. The minimum absolute atomic E-state index is 0.0687. The van der Waals surface area contributed by atoms with Crippen molar-refractivity contribution in [1.29, 1.82) is 0 Å². The number of carboxylic acids is 1. The number of aliphatic carboxylic acids is 1. The summed E-state index contributed by atoms with van der Waals surface area (Å²) < 4.78 is 12.9. The van der Waals surface area contributed by atoms with Crippen molar-refractivity contribution in [2.24, 2.45) is 0 Å². The summed E-state index contributed by atoms with van der Waals surface area (Å²) in [6.07, 6.45) is 1.01. The molecular weight excluding hydrogens is 245 g/mol. The van der Waals surface area contributed by atoms with Crippen LogP contribution < -0.4 is 0 Å². The molecule has 5 heteroatoms. The molecule has 1 N–H and O–H groups in total. The van der Waals surface area contributed by atoms with Gasteiger partial charge in [-0.3, -0.25) is 9.69 Å². The fraction of sp³-hybridized carbons (Fsp3) is 0.417. The van der Waals surface area contributed by atoms with Gasteiger partial charge in [-0.1, -0.05) is 17.7 Å². The van der Waals surface area contributed by atoms with Crippen molar-refractivity contribution in [3.8, 4) is 0 Å². The molecule has 17 heavy (non-hydrogen) atoms. The molecule has 0 aliphatic heterocycles. The fourth-order valence-corrected chi connectivity index (χ4v) is 1.80. The predicted molar refractivity (Wildman–Crippen MR) is 64.8 cm³/mol. The zero-order chi connectivity index (χ0) is 13.0. The summed E-state index contributed by atoms with van der Waals surface area (Å²) in [5.41, 5.74) is 0.838. The van der Waals surface area contributed by atoms with Crippen molar-refractivity contribution in [1.82, 2.24) is 4.90 Å². The third-order valence-corrected chi connectivity index (χ3v) is 2.89. The number of halogens is 2. The highest BCUT2D eigenvalue weighted by Gasteiger charge is 2.19. The van der Waals surface area contributed by atoms with Gasteiger partial charge in [0.05, 0.1) is 5.02 Å². The molecular formula is C12H15ClFNO2. The molecule has 0 bridgehead atoms. The number of hydrogen-bond acceptors (Lipinski definition) is 2. The average molecular weight is 260 g/mol. The van der Waals surface area contributed by atoms with Gasteiger partial charge in [0.25, 0.3) is 0 Å². The number of carboxylic acid groups (broad SMARTS) is 1. The van der Waals surface area contributed by atoms with E-state index in [1.807, 2.05) is 0 Å². The van der Waals surface area contributed by atoms with Gasteiger partial charge in [-0.05, 0) is 44.6 Å².